The third kappa shape index (κ3) is 3.42. The molecule has 1 aliphatic heterocycles. The van der Waals surface area contributed by atoms with E-state index in [2.05, 4.69) is 30.8 Å². The molecule has 5 aromatic rings. The van der Waals surface area contributed by atoms with Crippen LogP contribution in [0.2, 0.25) is 0 Å². The van der Waals surface area contributed by atoms with Gasteiger partial charge < -0.3 is 19.5 Å². The molecule has 1 aromatic carbocycles. The van der Waals surface area contributed by atoms with Crippen molar-refractivity contribution in [3.63, 3.8) is 0 Å². The summed E-state index contributed by atoms with van der Waals surface area (Å²) >= 11 is 0. The Labute approximate surface area is 198 Å². The first-order valence-electron chi connectivity index (χ1n) is 10.8. The summed E-state index contributed by atoms with van der Waals surface area (Å²) in [4.78, 5) is 21.0. The Morgan fingerprint density at radius 1 is 1.20 bits per heavy atom. The largest absolute Gasteiger partial charge is 0.494 e. The van der Waals surface area contributed by atoms with E-state index >= 15 is 0 Å². The van der Waals surface area contributed by atoms with Gasteiger partial charge in [-0.05, 0) is 12.1 Å². The summed E-state index contributed by atoms with van der Waals surface area (Å²) in [5, 5.41) is 15.6. The summed E-state index contributed by atoms with van der Waals surface area (Å²) in [7, 11) is 2.88. The Kier molecular flexibility index (Phi) is 4.83. The van der Waals surface area contributed by atoms with E-state index in [4.69, 9.17) is 14.2 Å². The average molecular weight is 472 g/mol. The highest BCUT2D eigenvalue weighted by Crippen LogP contribution is 2.39. The first-order valence-corrected chi connectivity index (χ1v) is 10.8. The highest BCUT2D eigenvalue weighted by atomic mass is 16.5. The van der Waals surface area contributed by atoms with E-state index in [9.17, 15) is 4.79 Å². The average Bonchev–Trinajstić information content (AvgIpc) is 3.49. The van der Waals surface area contributed by atoms with Crippen molar-refractivity contribution in [2.75, 3.05) is 38.0 Å². The number of rotatable bonds is 4. The molecule has 0 saturated heterocycles. The Morgan fingerprint density at radius 3 is 2.97 bits per heavy atom. The van der Waals surface area contributed by atoms with Gasteiger partial charge in [0.2, 0.25) is 0 Å². The van der Waals surface area contributed by atoms with Crippen molar-refractivity contribution in [2.24, 2.45) is 0 Å². The summed E-state index contributed by atoms with van der Waals surface area (Å²) in [6, 6.07) is 7.39. The normalized spacial score (nSPS) is 12.6. The minimum atomic E-state index is -0.641. The molecule has 0 aliphatic carbocycles. The topological polar surface area (TPSA) is 130 Å². The van der Waals surface area contributed by atoms with Gasteiger partial charge in [0.25, 0.3) is 0 Å². The molecule has 0 bridgehead atoms. The third-order valence-corrected chi connectivity index (χ3v) is 5.71. The zero-order valence-corrected chi connectivity index (χ0v) is 18.8. The molecule has 1 aliphatic rings. The number of hydrogen-bond acceptors (Lipinski definition) is 9. The fourth-order valence-corrected chi connectivity index (χ4v) is 4.07. The molecule has 0 radical (unpaired) electrons. The van der Waals surface area contributed by atoms with E-state index < -0.39 is 6.09 Å². The second-order valence-electron chi connectivity index (χ2n) is 7.71. The molecule has 0 spiro atoms. The van der Waals surface area contributed by atoms with Gasteiger partial charge in [-0.25, -0.2) is 19.0 Å². The standard InChI is InChI=1S/C23H20N8O4/c1-33-20-9-16-19(35-7-5-24-16)10-18(20)31-17-8-15(13-12-27-30-6-3-4-25-22(13)30)26-11-14(17)21(29-31)28-23(32)34-2/h3-4,6,8-12,24H,5,7H2,1-2H3,(H,28,29,32). The van der Waals surface area contributed by atoms with Crippen LogP contribution in [0.15, 0.2) is 49.1 Å². The van der Waals surface area contributed by atoms with Crippen LogP contribution in [0, 0.1) is 0 Å². The van der Waals surface area contributed by atoms with Crippen molar-refractivity contribution >= 4 is 34.1 Å². The van der Waals surface area contributed by atoms with E-state index in [-0.39, 0.29) is 0 Å². The van der Waals surface area contributed by atoms with Crippen molar-refractivity contribution in [3.8, 4) is 28.4 Å². The molecule has 35 heavy (non-hydrogen) atoms. The van der Waals surface area contributed by atoms with Crippen LogP contribution in [0.25, 0.3) is 33.5 Å². The van der Waals surface area contributed by atoms with E-state index in [1.807, 2.05) is 24.4 Å². The van der Waals surface area contributed by atoms with Crippen LogP contribution in [-0.2, 0) is 4.74 Å². The number of anilines is 2. The number of fused-ring (bicyclic) bond motifs is 3. The number of ether oxygens (including phenoxy) is 3. The quantitative estimate of drug-likeness (QED) is 0.405. The molecule has 1 amide bonds. The molecule has 176 valence electrons. The van der Waals surface area contributed by atoms with Gasteiger partial charge in [0.1, 0.15) is 23.8 Å². The van der Waals surface area contributed by atoms with Gasteiger partial charge in [-0.15, -0.1) is 5.10 Å². The maximum absolute atomic E-state index is 12.0. The highest BCUT2D eigenvalue weighted by molar-refractivity contribution is 5.99. The Morgan fingerprint density at radius 2 is 2.11 bits per heavy atom. The maximum atomic E-state index is 12.0. The molecule has 12 nitrogen and oxygen atoms in total. The van der Waals surface area contributed by atoms with E-state index in [1.165, 1.54) is 7.11 Å². The number of hydrogen-bond donors (Lipinski definition) is 2. The van der Waals surface area contributed by atoms with Crippen LogP contribution in [-0.4, -0.2) is 62.8 Å². The van der Waals surface area contributed by atoms with Crippen LogP contribution < -0.4 is 20.1 Å². The molecule has 0 fully saturated rings. The SMILES string of the molecule is COC(=O)Nc1nn(-c2cc3c(cc2OC)NCCO3)c2cc(-c3cnn4cccnc34)ncc12. The number of nitrogens with zero attached hydrogens (tertiary/aromatic N) is 6. The first-order chi connectivity index (χ1) is 17.2. The summed E-state index contributed by atoms with van der Waals surface area (Å²) in [6.45, 7) is 1.25. The smallest absolute Gasteiger partial charge is 0.412 e. The molecule has 4 aromatic heterocycles. The van der Waals surface area contributed by atoms with Crippen molar-refractivity contribution in [1.82, 2.24) is 29.4 Å². The zero-order chi connectivity index (χ0) is 23.9. The number of carbonyl (C=O) groups is 1. The molecule has 6 rings (SSSR count). The van der Waals surface area contributed by atoms with Gasteiger partial charge in [-0.2, -0.15) is 5.10 Å². The van der Waals surface area contributed by atoms with Crippen LogP contribution in [0.4, 0.5) is 16.3 Å². The molecular formula is C23H20N8O4. The Bertz CT molecular complexity index is 1590. The summed E-state index contributed by atoms with van der Waals surface area (Å²) in [6.07, 6.45) is 6.24. The number of aromatic nitrogens is 6. The van der Waals surface area contributed by atoms with E-state index in [1.54, 1.807) is 41.0 Å². The molecular weight excluding hydrogens is 452 g/mol. The molecule has 0 saturated carbocycles. The number of pyridine rings is 1. The fourth-order valence-electron chi connectivity index (χ4n) is 4.07. The van der Waals surface area contributed by atoms with Crippen molar-refractivity contribution in [1.29, 1.82) is 0 Å². The fraction of sp³-hybridized carbons (Fsp3) is 0.174. The Balaban J connectivity index is 1.58. The number of amides is 1. The number of carbonyl (C=O) groups excluding carboxylic acids is 1. The monoisotopic (exact) mass is 472 g/mol. The van der Waals surface area contributed by atoms with Gasteiger partial charge in [-0.3, -0.25) is 10.3 Å². The summed E-state index contributed by atoms with van der Waals surface area (Å²) in [5.74, 6) is 1.55. The minimum absolute atomic E-state index is 0.294. The lowest BCUT2D eigenvalue weighted by molar-refractivity contribution is 0.187. The maximum Gasteiger partial charge on any atom is 0.412 e. The van der Waals surface area contributed by atoms with Gasteiger partial charge in [0.15, 0.2) is 11.5 Å². The van der Waals surface area contributed by atoms with Crippen molar-refractivity contribution in [2.45, 2.75) is 0 Å². The van der Waals surface area contributed by atoms with Crippen LogP contribution in [0.5, 0.6) is 11.5 Å². The molecule has 12 heteroatoms. The van der Waals surface area contributed by atoms with E-state index in [0.29, 0.717) is 58.4 Å². The molecule has 2 N–H and O–H groups in total. The van der Waals surface area contributed by atoms with Gasteiger partial charge in [-0.1, -0.05) is 0 Å². The molecule has 0 unspecified atom stereocenters. The van der Waals surface area contributed by atoms with Crippen molar-refractivity contribution in [3.05, 3.63) is 49.1 Å². The lowest BCUT2D eigenvalue weighted by atomic mass is 10.1. The predicted molar refractivity (Wildman–Crippen MR) is 127 cm³/mol. The predicted octanol–water partition coefficient (Wildman–Crippen LogP) is 3.12. The lowest BCUT2D eigenvalue weighted by Gasteiger charge is -2.21. The van der Waals surface area contributed by atoms with Crippen LogP contribution in [0.3, 0.4) is 0 Å². The second-order valence-corrected chi connectivity index (χ2v) is 7.71. The van der Waals surface area contributed by atoms with Gasteiger partial charge >= 0.3 is 6.09 Å². The van der Waals surface area contributed by atoms with Gasteiger partial charge in [0, 0.05) is 37.3 Å². The van der Waals surface area contributed by atoms with Crippen LogP contribution in [0.1, 0.15) is 0 Å². The second kappa shape index (κ2) is 8.17. The number of methoxy groups -OCH3 is 2. The first kappa shape index (κ1) is 20.7. The molecule has 5 heterocycles. The lowest BCUT2D eigenvalue weighted by Crippen LogP contribution is -2.18. The van der Waals surface area contributed by atoms with E-state index in [0.717, 1.165) is 11.3 Å². The third-order valence-electron chi connectivity index (χ3n) is 5.71. The molecule has 0 atom stereocenters. The van der Waals surface area contributed by atoms with Crippen LogP contribution >= 0.6 is 0 Å². The van der Waals surface area contributed by atoms with Gasteiger partial charge in [0.05, 0.1) is 48.3 Å². The minimum Gasteiger partial charge on any atom is -0.494 e. The number of benzene rings is 1. The Hall–Kier alpha value is -4.87. The van der Waals surface area contributed by atoms with Crippen molar-refractivity contribution < 1.29 is 19.0 Å². The summed E-state index contributed by atoms with van der Waals surface area (Å²) in [5.41, 5.74) is 4.22. The summed E-state index contributed by atoms with van der Waals surface area (Å²) < 4.78 is 19.7. The number of nitrogens with one attached hydrogen (secondary N) is 2. The highest BCUT2D eigenvalue weighted by Gasteiger charge is 2.22. The zero-order valence-electron chi connectivity index (χ0n) is 18.8.